The van der Waals surface area contributed by atoms with Crippen LogP contribution in [0.4, 0.5) is 0 Å². The Hall–Kier alpha value is -3.64. The SMILES string of the molecule is Cc1ccc(C2c3c(OCC(O)CN)cc(OCC(O)CN)cc3OC(c3ccc(OCC(O)CN)c(OCC(O)CN)c3)C2O)o1. The van der Waals surface area contributed by atoms with Gasteiger partial charge in [0.15, 0.2) is 17.6 Å². The van der Waals surface area contributed by atoms with E-state index in [1.54, 1.807) is 49.4 Å². The molecule has 260 valence electrons. The lowest BCUT2D eigenvalue weighted by Crippen LogP contribution is -2.36. The monoisotopic (exact) mass is 662 g/mol. The van der Waals surface area contributed by atoms with Crippen LogP contribution in [0.3, 0.4) is 0 Å². The second-order valence-electron chi connectivity index (χ2n) is 11.3. The van der Waals surface area contributed by atoms with Crippen LogP contribution >= 0.6 is 0 Å². The second-order valence-corrected chi connectivity index (χ2v) is 11.3. The van der Waals surface area contributed by atoms with E-state index in [0.717, 1.165) is 0 Å². The summed E-state index contributed by atoms with van der Waals surface area (Å²) in [6.07, 6.45) is -6.01. The van der Waals surface area contributed by atoms with Crippen LogP contribution in [0.25, 0.3) is 0 Å². The zero-order valence-corrected chi connectivity index (χ0v) is 26.2. The van der Waals surface area contributed by atoms with Gasteiger partial charge in [-0.15, -0.1) is 0 Å². The third kappa shape index (κ3) is 9.25. The molecule has 13 N–H and O–H groups in total. The summed E-state index contributed by atoms with van der Waals surface area (Å²) in [5, 5.41) is 52.1. The molecule has 1 aliphatic rings. The number of rotatable bonds is 18. The summed E-state index contributed by atoms with van der Waals surface area (Å²) in [6.45, 7) is 1.16. The molecule has 0 radical (unpaired) electrons. The summed E-state index contributed by atoms with van der Waals surface area (Å²) in [5.74, 6) is 1.50. The molecule has 1 aliphatic heterocycles. The van der Waals surface area contributed by atoms with Gasteiger partial charge < -0.3 is 76.6 Å². The van der Waals surface area contributed by atoms with E-state index in [0.29, 0.717) is 22.6 Å². The summed E-state index contributed by atoms with van der Waals surface area (Å²) < 4.78 is 35.8. The van der Waals surface area contributed by atoms with Crippen LogP contribution in [0, 0.1) is 6.92 Å². The van der Waals surface area contributed by atoms with Crippen molar-refractivity contribution in [2.45, 2.75) is 49.5 Å². The van der Waals surface area contributed by atoms with E-state index in [4.69, 9.17) is 51.0 Å². The number of fused-ring (bicyclic) bond motifs is 1. The van der Waals surface area contributed by atoms with Gasteiger partial charge in [-0.3, -0.25) is 0 Å². The average molecular weight is 663 g/mol. The standard InChI is InChI=1S/C32H46N4O11/c1-17-2-4-25(46-17)30-29-27(45-16-22(40)12-36)7-23(42-13-19(37)9-33)8-28(29)47-32(31(30)41)18-3-5-24(43-14-20(38)10-34)26(6-18)44-15-21(39)11-35/h2-8,19-22,30-32,37-41H,9-16,33-36H2,1H3. The van der Waals surface area contributed by atoms with Gasteiger partial charge in [-0.05, 0) is 36.8 Å². The van der Waals surface area contributed by atoms with Gasteiger partial charge in [-0.1, -0.05) is 6.07 Å². The first-order chi connectivity index (χ1) is 22.6. The van der Waals surface area contributed by atoms with E-state index >= 15 is 0 Å². The van der Waals surface area contributed by atoms with Crippen molar-refractivity contribution < 1.29 is 53.6 Å². The van der Waals surface area contributed by atoms with Crippen molar-refractivity contribution >= 4 is 0 Å². The maximum absolute atomic E-state index is 12.0. The van der Waals surface area contributed by atoms with Gasteiger partial charge in [-0.25, -0.2) is 0 Å². The van der Waals surface area contributed by atoms with E-state index in [2.05, 4.69) is 0 Å². The minimum absolute atomic E-state index is 0.0108. The predicted molar refractivity (Wildman–Crippen MR) is 170 cm³/mol. The molecule has 0 fully saturated rings. The topological polar surface area (TPSA) is 265 Å². The predicted octanol–water partition coefficient (Wildman–Crippen LogP) is -0.992. The van der Waals surface area contributed by atoms with E-state index in [1.807, 2.05) is 0 Å². The number of aliphatic hydroxyl groups excluding tert-OH is 5. The largest absolute Gasteiger partial charge is 0.491 e. The molecule has 7 atom stereocenters. The van der Waals surface area contributed by atoms with E-state index in [9.17, 15) is 25.5 Å². The molecule has 0 saturated carbocycles. The maximum atomic E-state index is 12.0. The molecule has 0 aliphatic carbocycles. The highest BCUT2D eigenvalue weighted by Crippen LogP contribution is 2.51. The van der Waals surface area contributed by atoms with Crippen molar-refractivity contribution in [3.63, 3.8) is 0 Å². The fourth-order valence-electron chi connectivity index (χ4n) is 4.89. The van der Waals surface area contributed by atoms with Crippen molar-refractivity contribution in [3.8, 4) is 28.7 Å². The van der Waals surface area contributed by atoms with Crippen LogP contribution in [0.2, 0.25) is 0 Å². The van der Waals surface area contributed by atoms with Gasteiger partial charge in [0, 0.05) is 43.9 Å². The van der Waals surface area contributed by atoms with Gasteiger partial charge in [0.05, 0.1) is 5.92 Å². The lowest BCUT2D eigenvalue weighted by atomic mass is 9.82. The smallest absolute Gasteiger partial charge is 0.161 e. The molecule has 7 unspecified atom stereocenters. The fraction of sp³-hybridized carbons (Fsp3) is 0.500. The first-order valence-electron chi connectivity index (χ1n) is 15.3. The van der Waals surface area contributed by atoms with Crippen molar-refractivity contribution in [2.75, 3.05) is 52.6 Å². The first kappa shape index (κ1) is 36.2. The molecule has 0 bridgehead atoms. The number of hydrogen-bond donors (Lipinski definition) is 9. The summed E-state index contributed by atoms with van der Waals surface area (Å²) in [5.41, 5.74) is 23.2. The van der Waals surface area contributed by atoms with Crippen molar-refractivity contribution in [3.05, 3.63) is 65.1 Å². The summed E-state index contributed by atoms with van der Waals surface area (Å²) in [6, 6.07) is 11.6. The maximum Gasteiger partial charge on any atom is 0.161 e. The highest BCUT2D eigenvalue weighted by Gasteiger charge is 2.43. The van der Waals surface area contributed by atoms with Crippen LogP contribution in [-0.2, 0) is 0 Å². The van der Waals surface area contributed by atoms with Crippen LogP contribution < -0.4 is 46.6 Å². The zero-order chi connectivity index (χ0) is 34.1. The Morgan fingerprint density at radius 1 is 0.681 bits per heavy atom. The van der Waals surface area contributed by atoms with Gasteiger partial charge in [0.2, 0.25) is 0 Å². The van der Waals surface area contributed by atoms with Crippen LogP contribution in [0.5, 0.6) is 28.7 Å². The van der Waals surface area contributed by atoms with Crippen LogP contribution in [0.1, 0.15) is 34.7 Å². The molecular weight excluding hydrogens is 616 g/mol. The Morgan fingerprint density at radius 2 is 1.23 bits per heavy atom. The minimum atomic E-state index is -1.24. The van der Waals surface area contributed by atoms with Crippen molar-refractivity contribution in [1.82, 2.24) is 0 Å². The molecule has 0 amide bonds. The molecule has 0 spiro atoms. The minimum Gasteiger partial charge on any atom is -0.491 e. The molecule has 2 heterocycles. The molecule has 15 heteroatoms. The molecule has 15 nitrogen and oxygen atoms in total. The zero-order valence-electron chi connectivity index (χ0n) is 26.2. The first-order valence-corrected chi connectivity index (χ1v) is 15.3. The van der Waals surface area contributed by atoms with Crippen LogP contribution in [-0.4, -0.2) is 109 Å². The number of furan rings is 1. The Balaban J connectivity index is 1.80. The number of ether oxygens (including phenoxy) is 5. The number of nitrogens with two attached hydrogens (primary N) is 4. The second kappa shape index (κ2) is 17.0. The van der Waals surface area contributed by atoms with E-state index < -0.39 is 42.5 Å². The van der Waals surface area contributed by atoms with Gasteiger partial charge >= 0.3 is 0 Å². The van der Waals surface area contributed by atoms with Crippen molar-refractivity contribution in [1.29, 1.82) is 0 Å². The average Bonchev–Trinajstić information content (AvgIpc) is 3.52. The van der Waals surface area contributed by atoms with Gasteiger partial charge in [0.25, 0.3) is 0 Å². The molecule has 1 aromatic heterocycles. The van der Waals surface area contributed by atoms with E-state index in [1.165, 1.54) is 0 Å². The third-order valence-corrected chi connectivity index (χ3v) is 7.48. The molecule has 0 saturated heterocycles. The number of benzene rings is 2. The Bertz CT molecular complexity index is 1420. The van der Waals surface area contributed by atoms with Crippen molar-refractivity contribution in [2.24, 2.45) is 22.9 Å². The highest BCUT2D eigenvalue weighted by atomic mass is 16.5. The number of hydrogen-bond acceptors (Lipinski definition) is 15. The van der Waals surface area contributed by atoms with Gasteiger partial charge in [0.1, 0.15) is 85.7 Å². The number of aryl methyl sites for hydroxylation is 1. The number of aliphatic hydroxyl groups is 5. The third-order valence-electron chi connectivity index (χ3n) is 7.48. The molecule has 2 aromatic carbocycles. The summed E-state index contributed by atoms with van der Waals surface area (Å²) >= 11 is 0. The lowest BCUT2D eigenvalue weighted by Gasteiger charge is -2.37. The fourth-order valence-corrected chi connectivity index (χ4v) is 4.89. The lowest BCUT2D eigenvalue weighted by molar-refractivity contribution is 0.00206. The van der Waals surface area contributed by atoms with Gasteiger partial charge in [-0.2, -0.15) is 0 Å². The Morgan fingerprint density at radius 3 is 1.79 bits per heavy atom. The molecule has 4 rings (SSSR count). The summed E-state index contributed by atoms with van der Waals surface area (Å²) in [4.78, 5) is 0. The quantitative estimate of drug-likeness (QED) is 0.0791. The summed E-state index contributed by atoms with van der Waals surface area (Å²) in [7, 11) is 0. The molecule has 3 aromatic rings. The molecule has 47 heavy (non-hydrogen) atoms. The Labute approximate surface area is 272 Å². The van der Waals surface area contributed by atoms with Crippen LogP contribution in [0.15, 0.2) is 46.9 Å². The highest BCUT2D eigenvalue weighted by molar-refractivity contribution is 5.57. The Kier molecular flexibility index (Phi) is 13.1. The van der Waals surface area contributed by atoms with E-state index in [-0.39, 0.29) is 81.4 Å². The molecular formula is C32H46N4O11. The normalized spacial score (nSPS) is 20.0.